The van der Waals surface area contributed by atoms with Gasteiger partial charge in [0.25, 0.3) is 0 Å². The van der Waals surface area contributed by atoms with E-state index in [0.29, 0.717) is 11.8 Å². The summed E-state index contributed by atoms with van der Waals surface area (Å²) in [4.78, 5) is 13.3. The van der Waals surface area contributed by atoms with Crippen LogP contribution in [-0.4, -0.2) is 22.8 Å². The molecule has 1 heterocycles. The molecule has 0 radical (unpaired) electrons. The lowest BCUT2D eigenvalue weighted by molar-refractivity contribution is 0.166. The van der Waals surface area contributed by atoms with Crippen LogP contribution in [0.25, 0.3) is 0 Å². The summed E-state index contributed by atoms with van der Waals surface area (Å²) in [5.74, 6) is 1.04. The Morgan fingerprint density at radius 1 is 0.871 bits per heavy atom. The first kappa shape index (κ1) is 20.3. The molecule has 162 valence electrons. The highest BCUT2D eigenvalue weighted by molar-refractivity contribution is 6.11. The zero-order valence-electron chi connectivity index (χ0n) is 18.5. The van der Waals surface area contributed by atoms with Gasteiger partial charge in [0.05, 0.1) is 17.4 Å². The van der Waals surface area contributed by atoms with Crippen molar-refractivity contribution in [2.45, 2.75) is 76.7 Å². The third-order valence-corrected chi connectivity index (χ3v) is 7.42. The van der Waals surface area contributed by atoms with Crippen molar-refractivity contribution in [2.24, 2.45) is 11.0 Å². The van der Waals surface area contributed by atoms with Gasteiger partial charge in [-0.05, 0) is 68.6 Å². The van der Waals surface area contributed by atoms with Crippen molar-refractivity contribution >= 4 is 17.4 Å². The Labute approximate surface area is 185 Å². The van der Waals surface area contributed by atoms with Crippen LogP contribution in [0.3, 0.4) is 0 Å². The average molecular weight is 416 g/mol. The number of hydrogen-bond acceptors (Lipinski definition) is 2. The molecule has 2 aromatic carbocycles. The molecule has 31 heavy (non-hydrogen) atoms. The van der Waals surface area contributed by atoms with Gasteiger partial charge in [0.15, 0.2) is 0 Å². The lowest BCUT2D eigenvalue weighted by Crippen LogP contribution is -2.41. The molecule has 4 nitrogen and oxygen atoms in total. The molecule has 0 saturated heterocycles. The fourth-order valence-corrected chi connectivity index (χ4v) is 5.68. The monoisotopic (exact) mass is 415 g/mol. The smallest absolute Gasteiger partial charge is 0.306 e. The SMILES string of the molecule is Cc1ccc2c(c1)NC(=O)N(C1CCC(c3ccccc3)CC1)N=C2C1CCCCC1. The van der Waals surface area contributed by atoms with Gasteiger partial charge in [-0.15, -0.1) is 0 Å². The number of fused-ring (bicyclic) bond motifs is 1. The lowest BCUT2D eigenvalue weighted by Gasteiger charge is -2.34. The summed E-state index contributed by atoms with van der Waals surface area (Å²) in [6, 6.07) is 17.3. The quantitative estimate of drug-likeness (QED) is 0.585. The largest absolute Gasteiger partial charge is 0.342 e. The van der Waals surface area contributed by atoms with Crippen molar-refractivity contribution in [3.8, 4) is 0 Å². The summed E-state index contributed by atoms with van der Waals surface area (Å²) in [5.41, 5.74) is 5.76. The van der Waals surface area contributed by atoms with E-state index in [9.17, 15) is 4.79 Å². The maximum atomic E-state index is 13.3. The molecule has 1 N–H and O–H groups in total. The number of hydrogen-bond donors (Lipinski definition) is 1. The van der Waals surface area contributed by atoms with Crippen molar-refractivity contribution in [2.75, 3.05) is 5.32 Å². The minimum atomic E-state index is -0.0687. The van der Waals surface area contributed by atoms with Crippen LogP contribution in [0.1, 0.15) is 80.4 Å². The molecule has 2 aliphatic carbocycles. The van der Waals surface area contributed by atoms with E-state index in [1.54, 1.807) is 5.01 Å². The van der Waals surface area contributed by atoms with Crippen LogP contribution < -0.4 is 5.32 Å². The van der Waals surface area contributed by atoms with E-state index in [1.165, 1.54) is 43.2 Å². The molecule has 0 atom stereocenters. The van der Waals surface area contributed by atoms with Gasteiger partial charge in [0.1, 0.15) is 0 Å². The average Bonchev–Trinajstić information content (AvgIpc) is 2.96. The molecule has 0 aromatic heterocycles. The molecule has 0 spiro atoms. The van der Waals surface area contributed by atoms with E-state index in [2.05, 4.69) is 60.8 Å². The Balaban J connectivity index is 1.41. The van der Waals surface area contributed by atoms with Gasteiger partial charge in [-0.2, -0.15) is 5.10 Å². The number of nitrogens with zero attached hydrogens (tertiary/aromatic N) is 2. The van der Waals surface area contributed by atoms with Crippen molar-refractivity contribution in [3.63, 3.8) is 0 Å². The maximum absolute atomic E-state index is 13.3. The van der Waals surface area contributed by atoms with Gasteiger partial charge >= 0.3 is 6.03 Å². The minimum Gasteiger partial charge on any atom is -0.306 e. The van der Waals surface area contributed by atoms with Crippen LogP contribution in [0, 0.1) is 12.8 Å². The van der Waals surface area contributed by atoms with E-state index in [-0.39, 0.29) is 12.1 Å². The Morgan fingerprint density at radius 3 is 2.35 bits per heavy atom. The standard InChI is InChI=1S/C27H33N3O/c1-19-12-17-24-25(18-19)28-27(31)30(29-26(24)22-10-6-3-7-11-22)23-15-13-21(14-16-23)20-8-4-2-5-9-20/h2,4-5,8-9,12,17-18,21-23H,3,6-7,10-11,13-16H2,1H3,(H,28,31). The third-order valence-electron chi connectivity index (χ3n) is 7.42. The second-order valence-corrected chi connectivity index (χ2v) is 9.56. The maximum Gasteiger partial charge on any atom is 0.342 e. The topological polar surface area (TPSA) is 44.7 Å². The number of nitrogens with one attached hydrogen (secondary N) is 1. The van der Waals surface area contributed by atoms with Crippen LogP contribution in [-0.2, 0) is 0 Å². The van der Waals surface area contributed by atoms with Crippen LogP contribution in [0.2, 0.25) is 0 Å². The number of benzene rings is 2. The van der Waals surface area contributed by atoms with Crippen molar-refractivity contribution in [1.82, 2.24) is 5.01 Å². The fourth-order valence-electron chi connectivity index (χ4n) is 5.68. The highest BCUT2D eigenvalue weighted by atomic mass is 16.2. The number of carbonyl (C=O) groups excluding carboxylic acids is 1. The first-order chi connectivity index (χ1) is 15.2. The minimum absolute atomic E-state index is 0.0687. The van der Waals surface area contributed by atoms with Crippen molar-refractivity contribution in [1.29, 1.82) is 0 Å². The molecule has 2 fully saturated rings. The van der Waals surface area contributed by atoms with Gasteiger partial charge in [0.2, 0.25) is 0 Å². The third kappa shape index (κ3) is 4.26. The summed E-state index contributed by atoms with van der Waals surface area (Å²) in [6.07, 6.45) is 10.4. The first-order valence-electron chi connectivity index (χ1n) is 12.0. The van der Waals surface area contributed by atoms with Crippen molar-refractivity contribution < 1.29 is 4.79 Å². The Kier molecular flexibility index (Phi) is 5.80. The summed E-state index contributed by atoms with van der Waals surface area (Å²) in [7, 11) is 0. The summed E-state index contributed by atoms with van der Waals surface area (Å²) >= 11 is 0. The van der Waals surface area contributed by atoms with E-state index in [0.717, 1.165) is 42.6 Å². The second-order valence-electron chi connectivity index (χ2n) is 9.56. The Morgan fingerprint density at radius 2 is 1.61 bits per heavy atom. The first-order valence-corrected chi connectivity index (χ1v) is 12.0. The highest BCUT2D eigenvalue weighted by Crippen LogP contribution is 2.37. The van der Waals surface area contributed by atoms with Gasteiger partial charge in [-0.3, -0.25) is 0 Å². The zero-order chi connectivity index (χ0) is 21.2. The lowest BCUT2D eigenvalue weighted by atomic mass is 9.81. The summed E-state index contributed by atoms with van der Waals surface area (Å²) in [5, 5.41) is 10.1. The molecule has 5 rings (SSSR count). The number of amides is 2. The van der Waals surface area contributed by atoms with Gasteiger partial charge in [-0.25, -0.2) is 9.80 Å². The number of urea groups is 1. The number of hydrazone groups is 1. The molecular formula is C27H33N3O. The zero-order valence-corrected chi connectivity index (χ0v) is 18.5. The predicted molar refractivity (Wildman–Crippen MR) is 127 cm³/mol. The molecular weight excluding hydrogens is 382 g/mol. The molecule has 2 aromatic rings. The van der Waals surface area contributed by atoms with E-state index in [1.807, 2.05) is 0 Å². The fraction of sp³-hybridized carbons (Fsp3) is 0.481. The van der Waals surface area contributed by atoms with Gasteiger partial charge in [-0.1, -0.05) is 61.7 Å². The van der Waals surface area contributed by atoms with Crippen molar-refractivity contribution in [3.05, 3.63) is 65.2 Å². The molecule has 4 heteroatoms. The summed E-state index contributed by atoms with van der Waals surface area (Å²) < 4.78 is 0. The van der Waals surface area contributed by atoms with E-state index in [4.69, 9.17) is 5.10 Å². The second kappa shape index (κ2) is 8.86. The molecule has 0 bridgehead atoms. The Bertz CT molecular complexity index is 954. The number of aryl methyl sites for hydroxylation is 1. The van der Waals surface area contributed by atoms with Gasteiger partial charge < -0.3 is 5.32 Å². The van der Waals surface area contributed by atoms with Crippen LogP contribution in [0.15, 0.2) is 53.6 Å². The van der Waals surface area contributed by atoms with Gasteiger partial charge in [0, 0.05) is 11.5 Å². The highest BCUT2D eigenvalue weighted by Gasteiger charge is 2.34. The van der Waals surface area contributed by atoms with Crippen LogP contribution >= 0.6 is 0 Å². The van der Waals surface area contributed by atoms with Crippen LogP contribution in [0.4, 0.5) is 10.5 Å². The predicted octanol–water partition coefficient (Wildman–Crippen LogP) is 6.85. The van der Waals surface area contributed by atoms with Crippen LogP contribution in [0.5, 0.6) is 0 Å². The number of rotatable bonds is 3. The molecule has 1 aliphatic heterocycles. The molecule has 3 aliphatic rings. The molecule has 2 saturated carbocycles. The normalized spacial score (nSPS) is 24.7. The molecule has 0 unspecified atom stereocenters. The number of anilines is 1. The number of carbonyl (C=O) groups is 1. The van der Waals surface area contributed by atoms with E-state index >= 15 is 0 Å². The Hall–Kier alpha value is -2.62. The van der Waals surface area contributed by atoms with E-state index < -0.39 is 0 Å². The summed E-state index contributed by atoms with van der Waals surface area (Å²) in [6.45, 7) is 2.08. The molecule has 2 amide bonds.